The van der Waals surface area contributed by atoms with Crippen LogP contribution >= 0.6 is 0 Å². The summed E-state index contributed by atoms with van der Waals surface area (Å²) in [6, 6.07) is 17.7. The molecule has 5 heteroatoms. The highest BCUT2D eigenvalue weighted by Gasteiger charge is 2.46. The van der Waals surface area contributed by atoms with Crippen LogP contribution in [0, 0.1) is 5.92 Å². The number of carbonyl (C=O) groups is 1. The van der Waals surface area contributed by atoms with Crippen molar-refractivity contribution in [2.24, 2.45) is 13.0 Å². The summed E-state index contributed by atoms with van der Waals surface area (Å²) in [6.07, 6.45) is 4.75. The molecule has 1 aromatic heterocycles. The molecule has 0 bridgehead atoms. The van der Waals surface area contributed by atoms with Gasteiger partial charge >= 0.3 is 0 Å². The van der Waals surface area contributed by atoms with Crippen molar-refractivity contribution < 1.29 is 9.53 Å². The maximum Gasteiger partial charge on any atom is 0.230 e. The van der Waals surface area contributed by atoms with Gasteiger partial charge in [0.2, 0.25) is 5.91 Å². The minimum atomic E-state index is 0.0493. The second-order valence-corrected chi connectivity index (χ2v) is 7.06. The fourth-order valence-corrected chi connectivity index (χ4v) is 3.35. The van der Waals surface area contributed by atoms with Gasteiger partial charge in [0, 0.05) is 31.9 Å². The number of nitrogens with zero attached hydrogens (tertiary/aromatic N) is 3. The highest BCUT2D eigenvalue weighted by atomic mass is 16.5. The van der Waals surface area contributed by atoms with E-state index in [0.29, 0.717) is 12.5 Å². The smallest absolute Gasteiger partial charge is 0.230 e. The maximum atomic E-state index is 12.8. The van der Waals surface area contributed by atoms with Gasteiger partial charge in [-0.25, -0.2) is 0 Å². The van der Waals surface area contributed by atoms with Gasteiger partial charge < -0.3 is 9.64 Å². The second kappa shape index (κ2) is 7.27. The van der Waals surface area contributed by atoms with Crippen molar-refractivity contribution in [2.75, 3.05) is 11.9 Å². The summed E-state index contributed by atoms with van der Waals surface area (Å²) >= 11 is 0. The third-order valence-corrected chi connectivity index (χ3v) is 5.06. The lowest BCUT2D eigenvalue weighted by Crippen LogP contribution is -2.28. The van der Waals surface area contributed by atoms with Crippen LogP contribution in [0.5, 0.6) is 5.75 Å². The average Bonchev–Trinajstić information content (AvgIpc) is 3.39. The molecular weight excluding hydrogens is 338 g/mol. The van der Waals surface area contributed by atoms with Gasteiger partial charge in [-0.1, -0.05) is 30.3 Å². The number of anilines is 1. The predicted octanol–water partition coefficient (Wildman–Crippen LogP) is 3.77. The number of hydrogen-bond donors (Lipinski definition) is 0. The van der Waals surface area contributed by atoms with Crippen molar-refractivity contribution in [3.63, 3.8) is 0 Å². The molecule has 3 aromatic rings. The van der Waals surface area contributed by atoms with Crippen LogP contribution in [0.15, 0.2) is 67.0 Å². The van der Waals surface area contributed by atoms with Gasteiger partial charge in [0.1, 0.15) is 12.4 Å². The number of hydrogen-bond acceptors (Lipinski definition) is 3. The first-order chi connectivity index (χ1) is 13.1. The van der Waals surface area contributed by atoms with Gasteiger partial charge in [0.15, 0.2) is 0 Å². The van der Waals surface area contributed by atoms with Crippen LogP contribution in [0.4, 0.5) is 5.69 Å². The Morgan fingerprint density at radius 1 is 1.19 bits per heavy atom. The van der Waals surface area contributed by atoms with E-state index >= 15 is 0 Å². The van der Waals surface area contributed by atoms with Crippen LogP contribution in [0.1, 0.15) is 23.5 Å². The fraction of sp³-hybridized carbons (Fsp3) is 0.273. The van der Waals surface area contributed by atoms with E-state index in [1.165, 1.54) is 0 Å². The lowest BCUT2D eigenvalue weighted by Gasteiger charge is -2.18. The monoisotopic (exact) mass is 361 g/mol. The second-order valence-electron chi connectivity index (χ2n) is 7.06. The normalized spacial score (nSPS) is 18.1. The molecule has 0 N–H and O–H groups in total. The zero-order chi connectivity index (χ0) is 18.8. The Hall–Kier alpha value is -3.08. The van der Waals surface area contributed by atoms with Gasteiger partial charge in [-0.05, 0) is 47.7 Å². The van der Waals surface area contributed by atoms with Crippen LogP contribution in [0.3, 0.4) is 0 Å². The zero-order valence-electron chi connectivity index (χ0n) is 15.6. The molecule has 0 aliphatic heterocycles. The summed E-state index contributed by atoms with van der Waals surface area (Å²) in [6.45, 7) is 0.532. The Kier molecular flexibility index (Phi) is 4.67. The first-order valence-corrected chi connectivity index (χ1v) is 9.15. The SMILES string of the molecule is CN(C(=O)[C@@H]1C[C@H]1c1cnn(C)c1)c1ccc(OCc2ccccc2)cc1. The van der Waals surface area contributed by atoms with Crippen molar-refractivity contribution in [1.29, 1.82) is 0 Å². The van der Waals surface area contributed by atoms with E-state index in [9.17, 15) is 4.79 Å². The van der Waals surface area contributed by atoms with Crippen molar-refractivity contribution >= 4 is 11.6 Å². The quantitative estimate of drug-likeness (QED) is 0.671. The van der Waals surface area contributed by atoms with Gasteiger partial charge in [-0.2, -0.15) is 5.10 Å². The molecule has 0 spiro atoms. The van der Waals surface area contributed by atoms with Crippen LogP contribution in [-0.2, 0) is 18.4 Å². The molecule has 138 valence electrons. The van der Waals surface area contributed by atoms with Crippen molar-refractivity contribution in [2.45, 2.75) is 18.9 Å². The first kappa shape index (κ1) is 17.3. The van der Waals surface area contributed by atoms with Gasteiger partial charge in [0.05, 0.1) is 6.20 Å². The van der Waals surface area contributed by atoms with Crippen molar-refractivity contribution in [3.8, 4) is 5.75 Å². The summed E-state index contributed by atoms with van der Waals surface area (Å²) in [5.74, 6) is 1.29. The Bertz CT molecular complexity index is 918. The minimum Gasteiger partial charge on any atom is -0.489 e. The molecule has 1 aliphatic rings. The predicted molar refractivity (Wildman–Crippen MR) is 105 cm³/mol. The summed E-state index contributed by atoms with van der Waals surface area (Å²) in [5.41, 5.74) is 3.15. The van der Waals surface area contributed by atoms with Gasteiger partial charge in [-0.3, -0.25) is 9.48 Å². The first-order valence-electron chi connectivity index (χ1n) is 9.15. The Labute approximate surface area is 159 Å². The van der Waals surface area contributed by atoms with E-state index in [0.717, 1.165) is 29.0 Å². The molecule has 0 unspecified atom stereocenters. The molecule has 2 atom stereocenters. The number of aryl methyl sites for hydroxylation is 1. The largest absolute Gasteiger partial charge is 0.489 e. The fourth-order valence-electron chi connectivity index (χ4n) is 3.35. The molecule has 27 heavy (non-hydrogen) atoms. The lowest BCUT2D eigenvalue weighted by molar-refractivity contribution is -0.119. The van der Waals surface area contributed by atoms with E-state index < -0.39 is 0 Å². The molecule has 1 amide bonds. The maximum absolute atomic E-state index is 12.8. The van der Waals surface area contributed by atoms with Gasteiger partial charge in [-0.15, -0.1) is 0 Å². The topological polar surface area (TPSA) is 47.4 Å². The van der Waals surface area contributed by atoms with E-state index in [4.69, 9.17) is 4.74 Å². The van der Waals surface area contributed by atoms with E-state index in [2.05, 4.69) is 5.10 Å². The number of benzene rings is 2. The Morgan fingerprint density at radius 3 is 2.59 bits per heavy atom. The molecule has 4 rings (SSSR count). The highest BCUT2D eigenvalue weighted by Crippen LogP contribution is 2.48. The number of ether oxygens (including phenoxy) is 1. The third kappa shape index (κ3) is 3.87. The number of rotatable bonds is 6. The molecule has 1 saturated carbocycles. The zero-order valence-corrected chi connectivity index (χ0v) is 15.6. The molecule has 1 fully saturated rings. The number of aromatic nitrogens is 2. The average molecular weight is 361 g/mol. The Balaban J connectivity index is 1.35. The molecule has 5 nitrogen and oxygen atoms in total. The highest BCUT2D eigenvalue weighted by molar-refractivity contribution is 5.97. The van der Waals surface area contributed by atoms with Crippen LogP contribution in [0.2, 0.25) is 0 Å². The molecule has 1 heterocycles. The van der Waals surface area contributed by atoms with Crippen LogP contribution in [0.25, 0.3) is 0 Å². The van der Waals surface area contributed by atoms with E-state index in [-0.39, 0.29) is 11.8 Å². The summed E-state index contributed by atoms with van der Waals surface area (Å²) in [4.78, 5) is 14.5. The van der Waals surface area contributed by atoms with Crippen LogP contribution < -0.4 is 9.64 Å². The molecule has 2 aromatic carbocycles. The number of carbonyl (C=O) groups excluding carboxylic acids is 1. The molecule has 0 radical (unpaired) electrons. The molecule has 0 saturated heterocycles. The summed E-state index contributed by atoms with van der Waals surface area (Å²) in [5, 5.41) is 4.20. The standard InChI is InChI=1S/C22H23N3O2/c1-24-14-17(13-23-24)20-12-21(20)22(26)25(2)18-8-10-19(11-9-18)27-15-16-6-4-3-5-7-16/h3-11,13-14,20-21H,12,15H2,1-2H3/t20-,21+/m0/s1. The van der Waals surface area contributed by atoms with Gasteiger partial charge in [0.25, 0.3) is 0 Å². The van der Waals surface area contributed by atoms with Crippen LogP contribution in [-0.4, -0.2) is 22.7 Å². The third-order valence-electron chi connectivity index (χ3n) is 5.06. The lowest BCUT2D eigenvalue weighted by atomic mass is 10.2. The van der Waals surface area contributed by atoms with Crippen molar-refractivity contribution in [1.82, 2.24) is 9.78 Å². The number of amides is 1. The van der Waals surface area contributed by atoms with E-state index in [1.54, 1.807) is 9.58 Å². The Morgan fingerprint density at radius 2 is 1.93 bits per heavy atom. The van der Waals surface area contributed by atoms with Crippen molar-refractivity contribution in [3.05, 3.63) is 78.1 Å². The summed E-state index contributed by atoms with van der Waals surface area (Å²) < 4.78 is 7.60. The summed E-state index contributed by atoms with van der Waals surface area (Å²) in [7, 11) is 3.73. The molecular formula is C22H23N3O2. The van der Waals surface area contributed by atoms with E-state index in [1.807, 2.05) is 81.1 Å². The molecule has 1 aliphatic carbocycles. The minimum absolute atomic E-state index is 0.0493.